The van der Waals surface area contributed by atoms with E-state index in [1.807, 2.05) is 0 Å². The molecule has 18 heavy (non-hydrogen) atoms. The molecule has 2 nitrogen and oxygen atoms in total. The Morgan fingerprint density at radius 1 is 1.22 bits per heavy atom. The zero-order valence-corrected chi connectivity index (χ0v) is 11.1. The van der Waals surface area contributed by atoms with E-state index < -0.39 is 0 Å². The zero-order valence-electron chi connectivity index (χ0n) is 9.58. The lowest BCUT2D eigenvalue weighted by Crippen LogP contribution is -1.88. The molecule has 2 rings (SSSR count). The van der Waals surface area contributed by atoms with Gasteiger partial charge in [-0.15, -0.1) is 0 Å². The fourth-order valence-corrected chi connectivity index (χ4v) is 2.85. The van der Waals surface area contributed by atoms with Gasteiger partial charge in [-0.2, -0.15) is 0 Å². The first-order valence-corrected chi connectivity index (χ1v) is 6.38. The van der Waals surface area contributed by atoms with Gasteiger partial charge in [0.1, 0.15) is 11.6 Å². The normalized spacial score (nSPS) is 10.6. The van der Waals surface area contributed by atoms with Crippen LogP contribution in [0.15, 0.2) is 40.1 Å². The number of anilines is 1. The van der Waals surface area contributed by atoms with Crippen molar-refractivity contribution in [3.63, 3.8) is 0 Å². The molecule has 0 heterocycles. The molecule has 0 atom stereocenters. The predicted molar refractivity (Wildman–Crippen MR) is 72.8 cm³/mol. The number of aryl methyl sites for hydroxylation is 1. The first-order valence-electron chi connectivity index (χ1n) is 5.19. The number of benzene rings is 2. The summed E-state index contributed by atoms with van der Waals surface area (Å²) in [6.45, 7) is 1.78. The molecule has 0 radical (unpaired) electrons. The molecule has 2 aromatic carbocycles. The van der Waals surface area contributed by atoms with E-state index in [2.05, 4.69) is 0 Å². The van der Waals surface area contributed by atoms with Crippen molar-refractivity contribution in [2.75, 3.05) is 5.73 Å². The Bertz CT molecular complexity index is 560. The average molecular weight is 284 g/mol. The molecular formula is C13H11ClFNOS. The van der Waals surface area contributed by atoms with Crippen molar-refractivity contribution >= 4 is 29.1 Å². The molecule has 0 unspecified atom stereocenters. The molecular weight excluding hydrogens is 273 g/mol. The second-order valence-electron chi connectivity index (χ2n) is 3.90. The highest BCUT2D eigenvalue weighted by molar-refractivity contribution is 7.99. The lowest BCUT2D eigenvalue weighted by atomic mass is 10.2. The third kappa shape index (κ3) is 2.89. The molecule has 5 heteroatoms. The molecule has 0 bridgehead atoms. The van der Waals surface area contributed by atoms with Crippen molar-refractivity contribution in [1.82, 2.24) is 0 Å². The molecule has 0 aliphatic rings. The van der Waals surface area contributed by atoms with Crippen molar-refractivity contribution in [3.8, 4) is 5.75 Å². The van der Waals surface area contributed by atoms with E-state index in [1.165, 1.54) is 30.0 Å². The molecule has 0 aromatic heterocycles. The van der Waals surface area contributed by atoms with Crippen LogP contribution < -0.4 is 5.73 Å². The maximum absolute atomic E-state index is 13.8. The maximum atomic E-state index is 13.8. The number of phenolic OH excluding ortho intramolecular Hbond substituents is 1. The molecule has 94 valence electrons. The van der Waals surface area contributed by atoms with Crippen LogP contribution in [0.3, 0.4) is 0 Å². The van der Waals surface area contributed by atoms with Crippen molar-refractivity contribution in [2.24, 2.45) is 0 Å². The molecule has 0 saturated heterocycles. The Morgan fingerprint density at radius 3 is 2.56 bits per heavy atom. The summed E-state index contributed by atoms with van der Waals surface area (Å²) in [4.78, 5) is 1.15. The monoisotopic (exact) mass is 283 g/mol. The molecule has 0 aliphatic heterocycles. The molecule has 0 amide bonds. The number of nitrogen functional groups attached to an aromatic ring is 1. The van der Waals surface area contributed by atoms with Gasteiger partial charge in [0.05, 0.1) is 4.90 Å². The highest BCUT2D eigenvalue weighted by Crippen LogP contribution is 2.36. The van der Waals surface area contributed by atoms with E-state index in [9.17, 15) is 9.50 Å². The van der Waals surface area contributed by atoms with Crippen molar-refractivity contribution in [1.29, 1.82) is 0 Å². The second kappa shape index (κ2) is 5.08. The number of aromatic hydroxyl groups is 1. The van der Waals surface area contributed by atoms with E-state index in [4.69, 9.17) is 17.3 Å². The van der Waals surface area contributed by atoms with Gasteiger partial charge < -0.3 is 10.8 Å². The van der Waals surface area contributed by atoms with Gasteiger partial charge in [0, 0.05) is 21.7 Å². The smallest absolute Gasteiger partial charge is 0.138 e. The summed E-state index contributed by atoms with van der Waals surface area (Å²) >= 11 is 6.97. The summed E-state index contributed by atoms with van der Waals surface area (Å²) in [5.74, 6) is -0.323. The minimum absolute atomic E-state index is 0.0597. The van der Waals surface area contributed by atoms with Gasteiger partial charge in [0.25, 0.3) is 0 Å². The summed E-state index contributed by atoms with van der Waals surface area (Å²) < 4.78 is 13.8. The van der Waals surface area contributed by atoms with Gasteiger partial charge >= 0.3 is 0 Å². The average Bonchev–Trinajstić information content (AvgIpc) is 2.22. The third-order valence-electron chi connectivity index (χ3n) is 2.33. The van der Waals surface area contributed by atoms with Crippen LogP contribution in [0, 0.1) is 12.7 Å². The number of rotatable bonds is 2. The molecule has 2 aromatic rings. The Labute approximate surface area is 114 Å². The summed E-state index contributed by atoms with van der Waals surface area (Å²) in [7, 11) is 0. The van der Waals surface area contributed by atoms with Gasteiger partial charge in [-0.3, -0.25) is 0 Å². The number of nitrogens with two attached hydrogens (primary N) is 1. The SMILES string of the molecule is Cc1cc(Cl)cc(F)c1Sc1cc(N)cc(O)c1. The summed E-state index contributed by atoms with van der Waals surface area (Å²) in [5.41, 5.74) is 6.80. The van der Waals surface area contributed by atoms with E-state index in [0.717, 1.165) is 5.56 Å². The number of hydrogen-bond acceptors (Lipinski definition) is 3. The van der Waals surface area contributed by atoms with Crippen molar-refractivity contribution in [2.45, 2.75) is 16.7 Å². The molecule has 3 N–H and O–H groups in total. The highest BCUT2D eigenvalue weighted by Gasteiger charge is 2.10. The quantitative estimate of drug-likeness (QED) is 0.811. The maximum Gasteiger partial charge on any atom is 0.138 e. The Hall–Kier alpha value is -1.39. The lowest BCUT2D eigenvalue weighted by Gasteiger charge is -2.08. The van der Waals surface area contributed by atoms with Gasteiger partial charge in [0.2, 0.25) is 0 Å². The zero-order chi connectivity index (χ0) is 13.3. The lowest BCUT2D eigenvalue weighted by molar-refractivity contribution is 0.474. The Balaban J connectivity index is 2.40. The van der Waals surface area contributed by atoms with E-state index in [1.54, 1.807) is 19.1 Å². The summed E-state index contributed by atoms with van der Waals surface area (Å²) in [6.07, 6.45) is 0. The Morgan fingerprint density at radius 2 is 1.94 bits per heavy atom. The number of hydrogen-bond donors (Lipinski definition) is 2. The van der Waals surface area contributed by atoms with Crippen LogP contribution in [-0.2, 0) is 0 Å². The van der Waals surface area contributed by atoms with E-state index in [0.29, 0.717) is 20.5 Å². The number of halogens is 2. The first kappa shape index (κ1) is 13.1. The fourth-order valence-electron chi connectivity index (χ4n) is 1.60. The molecule has 0 spiro atoms. The fraction of sp³-hybridized carbons (Fsp3) is 0.0769. The second-order valence-corrected chi connectivity index (χ2v) is 5.42. The van der Waals surface area contributed by atoms with Crippen molar-refractivity contribution < 1.29 is 9.50 Å². The molecule has 0 saturated carbocycles. The van der Waals surface area contributed by atoms with Gasteiger partial charge in [-0.05, 0) is 36.8 Å². The van der Waals surface area contributed by atoms with E-state index >= 15 is 0 Å². The van der Waals surface area contributed by atoms with E-state index in [-0.39, 0.29) is 11.6 Å². The third-order valence-corrected chi connectivity index (χ3v) is 3.74. The highest BCUT2D eigenvalue weighted by atomic mass is 35.5. The van der Waals surface area contributed by atoms with Crippen LogP contribution in [0.25, 0.3) is 0 Å². The summed E-state index contributed by atoms with van der Waals surface area (Å²) in [5, 5.41) is 9.81. The van der Waals surface area contributed by atoms with Crippen molar-refractivity contribution in [3.05, 3.63) is 46.7 Å². The Kier molecular flexibility index (Phi) is 3.68. The number of phenols is 1. The predicted octanol–water partition coefficient (Wildman–Crippen LogP) is 4.23. The first-order chi connectivity index (χ1) is 8.45. The van der Waals surface area contributed by atoms with Gasteiger partial charge in [-0.25, -0.2) is 4.39 Å². The van der Waals surface area contributed by atoms with Gasteiger partial charge in [-0.1, -0.05) is 23.4 Å². The minimum atomic E-state index is -0.382. The molecule has 0 fully saturated rings. The van der Waals surface area contributed by atoms with Crippen LogP contribution in [0.2, 0.25) is 5.02 Å². The molecule has 0 aliphatic carbocycles. The van der Waals surface area contributed by atoms with Crippen LogP contribution in [0.5, 0.6) is 5.75 Å². The van der Waals surface area contributed by atoms with Crippen LogP contribution in [0.4, 0.5) is 10.1 Å². The van der Waals surface area contributed by atoms with Crippen LogP contribution >= 0.6 is 23.4 Å². The van der Waals surface area contributed by atoms with Gasteiger partial charge in [0.15, 0.2) is 0 Å². The van der Waals surface area contributed by atoms with Crippen LogP contribution in [-0.4, -0.2) is 5.11 Å². The topological polar surface area (TPSA) is 46.2 Å². The standard InChI is InChI=1S/C13H11ClFNOS/c1-7-2-8(14)3-12(15)13(7)18-11-5-9(16)4-10(17)6-11/h2-6,17H,16H2,1H3. The largest absolute Gasteiger partial charge is 0.508 e. The van der Waals surface area contributed by atoms with Crippen LogP contribution in [0.1, 0.15) is 5.56 Å². The summed E-state index contributed by atoms with van der Waals surface area (Å²) in [6, 6.07) is 7.61. The minimum Gasteiger partial charge on any atom is -0.508 e.